The summed E-state index contributed by atoms with van der Waals surface area (Å²) in [7, 11) is -2.18. The van der Waals surface area contributed by atoms with Crippen molar-refractivity contribution in [1.82, 2.24) is 9.21 Å². The summed E-state index contributed by atoms with van der Waals surface area (Å²) in [5.41, 5.74) is 2.06. The smallest absolute Gasteiger partial charge is 0.243 e. The Morgan fingerprint density at radius 1 is 1.17 bits per heavy atom. The van der Waals surface area contributed by atoms with Gasteiger partial charge in [-0.25, -0.2) is 12.8 Å². The molecule has 1 aliphatic rings. The van der Waals surface area contributed by atoms with E-state index in [2.05, 4.69) is 5.32 Å². The Hall–Kier alpha value is -2.78. The second-order valence-electron chi connectivity index (χ2n) is 7.19. The van der Waals surface area contributed by atoms with Crippen molar-refractivity contribution in [3.05, 3.63) is 65.5 Å². The first-order chi connectivity index (χ1) is 14.2. The first kappa shape index (κ1) is 21.9. The fourth-order valence-corrected chi connectivity index (χ4v) is 4.70. The third kappa shape index (κ3) is 4.85. The average molecular weight is 434 g/mol. The summed E-state index contributed by atoms with van der Waals surface area (Å²) in [4.78, 5) is 26.6. The van der Waals surface area contributed by atoms with Gasteiger partial charge in [-0.3, -0.25) is 9.59 Å². The molecule has 0 bridgehead atoms. The van der Waals surface area contributed by atoms with Crippen molar-refractivity contribution in [2.75, 3.05) is 24.7 Å². The van der Waals surface area contributed by atoms with Crippen molar-refractivity contribution in [3.8, 4) is 0 Å². The summed E-state index contributed by atoms with van der Waals surface area (Å²) in [5.74, 6) is -1.57. The highest BCUT2D eigenvalue weighted by atomic mass is 32.2. The fraction of sp³-hybridized carbons (Fsp3) is 0.333. The van der Waals surface area contributed by atoms with Gasteiger partial charge in [0.2, 0.25) is 21.8 Å². The van der Waals surface area contributed by atoms with E-state index in [1.807, 2.05) is 24.3 Å². The molecule has 30 heavy (non-hydrogen) atoms. The second kappa shape index (κ2) is 8.93. The molecular weight excluding hydrogens is 409 g/mol. The van der Waals surface area contributed by atoms with E-state index >= 15 is 0 Å². The quantitative estimate of drug-likeness (QED) is 0.755. The number of fused-ring (bicyclic) bond motifs is 1. The van der Waals surface area contributed by atoms with Gasteiger partial charge in [0.05, 0.1) is 12.3 Å². The lowest BCUT2D eigenvalue weighted by Gasteiger charge is -2.36. The molecule has 7 nitrogen and oxygen atoms in total. The molecule has 0 spiro atoms. The molecule has 9 heteroatoms. The lowest BCUT2D eigenvalue weighted by Crippen LogP contribution is -2.54. The Bertz CT molecular complexity index is 1060. The fourth-order valence-electron chi connectivity index (χ4n) is 3.48. The highest BCUT2D eigenvalue weighted by Crippen LogP contribution is 2.27. The van der Waals surface area contributed by atoms with Crippen LogP contribution >= 0.6 is 0 Å². The van der Waals surface area contributed by atoms with Crippen LogP contribution in [0, 0.1) is 5.82 Å². The average Bonchev–Trinajstić information content (AvgIpc) is 2.72. The summed E-state index contributed by atoms with van der Waals surface area (Å²) in [6, 6.07) is 11.9. The molecule has 0 aromatic heterocycles. The van der Waals surface area contributed by atoms with Gasteiger partial charge in [-0.1, -0.05) is 30.3 Å². The molecule has 0 saturated heterocycles. The van der Waals surface area contributed by atoms with Gasteiger partial charge in [0.15, 0.2) is 0 Å². The van der Waals surface area contributed by atoms with Crippen molar-refractivity contribution in [3.63, 3.8) is 0 Å². The molecule has 1 heterocycles. The number of anilines is 1. The molecule has 0 radical (unpaired) electrons. The minimum Gasteiger partial charge on any atom is -0.335 e. The number of amides is 2. The van der Waals surface area contributed by atoms with Crippen molar-refractivity contribution < 1.29 is 22.4 Å². The van der Waals surface area contributed by atoms with Crippen LogP contribution in [-0.2, 0) is 32.6 Å². The minimum atomic E-state index is -3.63. The van der Waals surface area contributed by atoms with Crippen LogP contribution in [0.3, 0.4) is 0 Å². The predicted octanol–water partition coefficient (Wildman–Crippen LogP) is 2.00. The van der Waals surface area contributed by atoms with Crippen LogP contribution in [0.1, 0.15) is 18.1 Å². The van der Waals surface area contributed by atoms with Crippen LogP contribution in [0.4, 0.5) is 10.1 Å². The third-order valence-corrected chi connectivity index (χ3v) is 6.91. The molecule has 0 aliphatic carbocycles. The Labute approximate surface area is 175 Å². The summed E-state index contributed by atoms with van der Waals surface area (Å²) in [5, 5.41) is 2.54. The number of nitrogens with zero attached hydrogens (tertiary/aromatic N) is 2. The summed E-state index contributed by atoms with van der Waals surface area (Å²) < 4.78 is 39.8. The minimum absolute atomic E-state index is 0.117. The molecule has 2 aromatic carbocycles. The van der Waals surface area contributed by atoms with Gasteiger partial charge in [-0.15, -0.1) is 0 Å². The number of carbonyl (C=O) groups is 2. The van der Waals surface area contributed by atoms with Crippen LogP contribution in [0.5, 0.6) is 0 Å². The van der Waals surface area contributed by atoms with Crippen molar-refractivity contribution in [2.24, 2.45) is 0 Å². The first-order valence-electron chi connectivity index (χ1n) is 9.58. The number of hydrogen-bond acceptors (Lipinski definition) is 4. The molecule has 0 unspecified atom stereocenters. The Morgan fingerprint density at radius 3 is 2.53 bits per heavy atom. The maximum absolute atomic E-state index is 13.3. The van der Waals surface area contributed by atoms with Gasteiger partial charge < -0.3 is 10.2 Å². The second-order valence-corrected chi connectivity index (χ2v) is 9.40. The van der Waals surface area contributed by atoms with Crippen molar-refractivity contribution >= 4 is 27.5 Å². The lowest BCUT2D eigenvalue weighted by molar-refractivity contribution is -0.137. The lowest BCUT2D eigenvalue weighted by atomic mass is 9.95. The van der Waals surface area contributed by atoms with Crippen LogP contribution in [-0.4, -0.2) is 54.8 Å². The third-order valence-electron chi connectivity index (χ3n) is 5.08. The summed E-state index contributed by atoms with van der Waals surface area (Å²) in [6.07, 6.45) is 0.240. The van der Waals surface area contributed by atoms with Gasteiger partial charge in [0.25, 0.3) is 0 Å². The van der Waals surface area contributed by atoms with E-state index in [4.69, 9.17) is 0 Å². The number of carbonyl (C=O) groups excluding carboxylic acids is 2. The van der Waals surface area contributed by atoms with Crippen LogP contribution in [0.25, 0.3) is 0 Å². The summed E-state index contributed by atoms with van der Waals surface area (Å²) >= 11 is 0. The molecular formula is C21H24FN3O4S. The van der Waals surface area contributed by atoms with Gasteiger partial charge in [0.1, 0.15) is 11.9 Å². The monoisotopic (exact) mass is 433 g/mol. The van der Waals surface area contributed by atoms with Gasteiger partial charge in [0, 0.05) is 19.3 Å². The molecule has 1 aliphatic heterocycles. The van der Waals surface area contributed by atoms with Crippen molar-refractivity contribution in [2.45, 2.75) is 25.9 Å². The standard InChI is InChI=1S/C21H24FN3O4S/c1-3-30(28,29)25-13-16-8-5-4-7-15(16)11-19(25)21(27)24(2)14-20(26)23-18-10-6-9-17(22)12-18/h4-10,12,19H,3,11,13-14H2,1-2H3,(H,23,26)/t19-/m0/s1. The number of halogens is 1. The van der Waals surface area contributed by atoms with Crippen LogP contribution in [0.2, 0.25) is 0 Å². The molecule has 0 saturated carbocycles. The van der Waals surface area contributed by atoms with Crippen LogP contribution in [0.15, 0.2) is 48.5 Å². The molecule has 2 amide bonds. The topological polar surface area (TPSA) is 86.8 Å². The van der Waals surface area contributed by atoms with E-state index in [9.17, 15) is 22.4 Å². The van der Waals surface area contributed by atoms with E-state index in [1.54, 1.807) is 0 Å². The van der Waals surface area contributed by atoms with E-state index in [0.717, 1.165) is 11.1 Å². The number of hydrogen-bond donors (Lipinski definition) is 1. The Kier molecular flexibility index (Phi) is 6.52. The molecule has 1 N–H and O–H groups in total. The highest BCUT2D eigenvalue weighted by molar-refractivity contribution is 7.89. The van der Waals surface area contributed by atoms with E-state index < -0.39 is 33.7 Å². The maximum atomic E-state index is 13.3. The summed E-state index contributed by atoms with van der Waals surface area (Å²) in [6.45, 7) is 1.37. The number of rotatable bonds is 6. The number of nitrogens with one attached hydrogen (secondary N) is 1. The number of benzene rings is 2. The highest BCUT2D eigenvalue weighted by Gasteiger charge is 2.39. The SMILES string of the molecule is CCS(=O)(=O)N1Cc2ccccc2C[C@H]1C(=O)N(C)CC(=O)Nc1cccc(F)c1. The molecule has 160 valence electrons. The van der Waals surface area contributed by atoms with E-state index in [1.165, 1.54) is 47.4 Å². The molecule has 2 aromatic rings. The normalized spacial score (nSPS) is 16.6. The Balaban J connectivity index is 1.76. The maximum Gasteiger partial charge on any atom is 0.243 e. The van der Waals surface area contributed by atoms with Gasteiger partial charge in [-0.05, 0) is 42.7 Å². The molecule has 3 rings (SSSR count). The number of likely N-dealkylation sites (N-methyl/N-ethyl adjacent to an activating group) is 1. The Morgan fingerprint density at radius 2 is 1.87 bits per heavy atom. The van der Waals surface area contributed by atoms with Gasteiger partial charge in [-0.2, -0.15) is 4.31 Å². The largest absolute Gasteiger partial charge is 0.335 e. The van der Waals surface area contributed by atoms with Crippen molar-refractivity contribution in [1.29, 1.82) is 0 Å². The van der Waals surface area contributed by atoms with Gasteiger partial charge >= 0.3 is 0 Å². The van der Waals surface area contributed by atoms with E-state index in [0.29, 0.717) is 0 Å². The molecule has 0 fully saturated rings. The zero-order valence-electron chi connectivity index (χ0n) is 16.8. The predicted molar refractivity (Wildman–Crippen MR) is 112 cm³/mol. The number of sulfonamides is 1. The van der Waals surface area contributed by atoms with Crippen LogP contribution < -0.4 is 5.32 Å². The molecule has 1 atom stereocenters. The zero-order valence-corrected chi connectivity index (χ0v) is 17.7. The van der Waals surface area contributed by atoms with E-state index in [-0.39, 0.29) is 31.0 Å². The zero-order chi connectivity index (χ0) is 21.9. The first-order valence-corrected chi connectivity index (χ1v) is 11.2.